The van der Waals surface area contributed by atoms with Crippen molar-refractivity contribution < 1.29 is 0 Å². The lowest BCUT2D eigenvalue weighted by Crippen LogP contribution is -2.19. The third-order valence-electron chi connectivity index (χ3n) is 3.33. The molecule has 0 amide bonds. The van der Waals surface area contributed by atoms with Crippen molar-refractivity contribution in [2.45, 2.75) is 19.8 Å². The Kier molecular flexibility index (Phi) is 9.38. The second kappa shape index (κ2) is 11.5. The molecule has 1 aromatic carbocycles. The number of anilines is 1. The Morgan fingerprint density at radius 1 is 1.23 bits per heavy atom. The number of hydrogen-bond donors (Lipinski definition) is 2. The molecule has 0 aromatic heterocycles. The van der Waals surface area contributed by atoms with Crippen molar-refractivity contribution in [2.24, 2.45) is 4.99 Å². The van der Waals surface area contributed by atoms with Crippen LogP contribution in [-0.2, 0) is 0 Å². The Balaban J connectivity index is 2.14. The predicted molar refractivity (Wildman–Crippen MR) is 99.3 cm³/mol. The number of allylic oxidation sites excluding steroid dienone is 4. The maximum absolute atomic E-state index is 4.00. The lowest BCUT2D eigenvalue weighted by Gasteiger charge is -2.09. The molecule has 0 saturated carbocycles. The van der Waals surface area contributed by atoms with Gasteiger partial charge in [0.15, 0.2) is 0 Å². The van der Waals surface area contributed by atoms with Gasteiger partial charge in [0.1, 0.15) is 0 Å². The lowest BCUT2D eigenvalue weighted by molar-refractivity contribution is 0.661. The molecule has 0 fully saturated rings. The highest BCUT2D eigenvalue weighted by Crippen LogP contribution is 2.22. The molecule has 22 heavy (non-hydrogen) atoms. The van der Waals surface area contributed by atoms with Crippen molar-refractivity contribution in [1.29, 1.82) is 0 Å². The molecule has 0 aliphatic rings. The quantitative estimate of drug-likeness (QED) is 0.359. The number of rotatable bonds is 11. The third-order valence-corrected chi connectivity index (χ3v) is 3.33. The Bertz CT molecular complexity index is 515. The molecule has 0 saturated heterocycles. The average molecular weight is 297 g/mol. The van der Waals surface area contributed by atoms with Gasteiger partial charge in [-0.05, 0) is 51.7 Å². The maximum Gasteiger partial charge on any atom is 0.0853 e. The Morgan fingerprint density at radius 2 is 2.05 bits per heavy atom. The Labute approximate surface area is 134 Å². The van der Waals surface area contributed by atoms with Gasteiger partial charge < -0.3 is 10.6 Å². The largest absolute Gasteiger partial charge is 0.383 e. The number of benzene rings is 1. The molecule has 0 heterocycles. The molecule has 1 aromatic rings. The zero-order chi connectivity index (χ0) is 16.0. The number of nitrogens with one attached hydrogen (secondary N) is 2. The summed E-state index contributed by atoms with van der Waals surface area (Å²) in [4.78, 5) is 4.00. The first kappa shape index (κ1) is 17.9. The summed E-state index contributed by atoms with van der Waals surface area (Å²) in [5.41, 5.74) is 3.28. The van der Waals surface area contributed by atoms with Gasteiger partial charge >= 0.3 is 0 Å². The van der Waals surface area contributed by atoms with E-state index >= 15 is 0 Å². The molecule has 0 aliphatic heterocycles. The van der Waals surface area contributed by atoms with E-state index in [0.29, 0.717) is 0 Å². The van der Waals surface area contributed by atoms with Crippen LogP contribution in [0.5, 0.6) is 0 Å². The summed E-state index contributed by atoms with van der Waals surface area (Å²) < 4.78 is 0. The summed E-state index contributed by atoms with van der Waals surface area (Å²) in [6.07, 6.45) is 10.1. The summed E-state index contributed by atoms with van der Waals surface area (Å²) in [6.45, 7) is 12.3. The van der Waals surface area contributed by atoms with Crippen LogP contribution in [0.15, 0.2) is 65.7 Å². The van der Waals surface area contributed by atoms with Crippen molar-refractivity contribution in [3.63, 3.8) is 0 Å². The van der Waals surface area contributed by atoms with Crippen LogP contribution < -0.4 is 10.6 Å². The average Bonchev–Trinajstić information content (AvgIpc) is 2.57. The molecule has 0 aliphatic carbocycles. The summed E-state index contributed by atoms with van der Waals surface area (Å²) >= 11 is 0. The minimum absolute atomic E-state index is 0.905. The highest BCUT2D eigenvalue weighted by atomic mass is 14.9. The van der Waals surface area contributed by atoms with Gasteiger partial charge in [-0.2, -0.15) is 0 Å². The highest BCUT2D eigenvalue weighted by molar-refractivity contribution is 5.67. The first-order valence-electron chi connectivity index (χ1n) is 7.76. The zero-order valence-corrected chi connectivity index (χ0v) is 13.5. The molecule has 0 radical (unpaired) electrons. The molecular weight excluding hydrogens is 270 g/mol. The van der Waals surface area contributed by atoms with Crippen LogP contribution in [0.3, 0.4) is 0 Å². The van der Waals surface area contributed by atoms with Gasteiger partial charge in [-0.25, -0.2) is 0 Å². The fourth-order valence-electron chi connectivity index (χ4n) is 2.07. The Morgan fingerprint density at radius 3 is 2.77 bits per heavy atom. The first-order valence-corrected chi connectivity index (χ1v) is 7.76. The van der Waals surface area contributed by atoms with Crippen LogP contribution in [0, 0.1) is 0 Å². The molecule has 3 heteroatoms. The van der Waals surface area contributed by atoms with Crippen LogP contribution in [-0.4, -0.2) is 26.4 Å². The zero-order valence-electron chi connectivity index (χ0n) is 13.5. The molecule has 0 unspecified atom stereocenters. The normalized spacial score (nSPS) is 11.6. The molecule has 118 valence electrons. The monoisotopic (exact) mass is 297 g/mol. The maximum atomic E-state index is 4.00. The van der Waals surface area contributed by atoms with E-state index in [9.17, 15) is 0 Å². The smallest absolute Gasteiger partial charge is 0.0853 e. The second-order valence-corrected chi connectivity index (χ2v) is 4.91. The topological polar surface area (TPSA) is 36.4 Å². The summed E-state index contributed by atoms with van der Waals surface area (Å²) in [7, 11) is 0. The van der Waals surface area contributed by atoms with Gasteiger partial charge in [-0.3, -0.25) is 4.99 Å². The van der Waals surface area contributed by atoms with E-state index < -0.39 is 0 Å². The SMILES string of the molecule is C=C/C=C\C(=C/C)CCNCCCNc1ccccc1N=C. The molecule has 0 spiro atoms. The van der Waals surface area contributed by atoms with Gasteiger partial charge in [-0.15, -0.1) is 0 Å². The van der Waals surface area contributed by atoms with Gasteiger partial charge in [-0.1, -0.05) is 48.6 Å². The highest BCUT2D eigenvalue weighted by Gasteiger charge is 1.97. The molecule has 0 bridgehead atoms. The van der Waals surface area contributed by atoms with E-state index in [1.807, 2.05) is 30.3 Å². The Hall–Kier alpha value is -2.13. The first-order chi connectivity index (χ1) is 10.8. The fraction of sp³-hybridized carbons (Fsp3) is 0.316. The van der Waals surface area contributed by atoms with E-state index in [1.54, 1.807) is 6.08 Å². The van der Waals surface area contributed by atoms with Gasteiger partial charge in [0.25, 0.3) is 0 Å². The van der Waals surface area contributed by atoms with E-state index in [-0.39, 0.29) is 0 Å². The molecular formula is C19H27N3. The molecule has 2 N–H and O–H groups in total. The number of nitrogens with zero attached hydrogens (tertiary/aromatic N) is 1. The molecule has 3 nitrogen and oxygen atoms in total. The lowest BCUT2D eigenvalue weighted by atomic mass is 10.1. The van der Waals surface area contributed by atoms with Gasteiger partial charge in [0, 0.05) is 6.54 Å². The van der Waals surface area contributed by atoms with Crippen LogP contribution in [0.1, 0.15) is 19.8 Å². The van der Waals surface area contributed by atoms with Crippen molar-refractivity contribution in [1.82, 2.24) is 5.32 Å². The standard InChI is InChI=1S/C19H27N3/c1-4-6-10-17(5-2)13-16-21-14-9-15-22-19-12-8-7-11-18(19)20-3/h4-8,10-12,21-22H,1,3,9,13-16H2,2H3/b10-6-,17-5+. The van der Waals surface area contributed by atoms with E-state index in [0.717, 1.165) is 43.9 Å². The van der Waals surface area contributed by atoms with Crippen molar-refractivity contribution >= 4 is 18.1 Å². The molecule has 0 atom stereocenters. The number of para-hydroxylation sites is 2. The number of hydrogen-bond acceptors (Lipinski definition) is 3. The minimum Gasteiger partial charge on any atom is -0.383 e. The van der Waals surface area contributed by atoms with Crippen molar-refractivity contribution in [2.75, 3.05) is 25.0 Å². The van der Waals surface area contributed by atoms with Gasteiger partial charge in [0.05, 0.1) is 11.4 Å². The van der Waals surface area contributed by atoms with Crippen LogP contribution >= 0.6 is 0 Å². The van der Waals surface area contributed by atoms with Crippen molar-refractivity contribution in [3.8, 4) is 0 Å². The van der Waals surface area contributed by atoms with Crippen molar-refractivity contribution in [3.05, 3.63) is 60.7 Å². The second-order valence-electron chi connectivity index (χ2n) is 4.91. The van der Waals surface area contributed by atoms with Crippen LogP contribution in [0.25, 0.3) is 0 Å². The van der Waals surface area contributed by atoms with E-state index in [2.05, 4.69) is 48.0 Å². The molecule has 1 rings (SSSR count). The minimum atomic E-state index is 0.905. The van der Waals surface area contributed by atoms with Crippen LogP contribution in [0.4, 0.5) is 11.4 Å². The van der Waals surface area contributed by atoms with E-state index in [4.69, 9.17) is 0 Å². The third kappa shape index (κ3) is 7.04. The van der Waals surface area contributed by atoms with E-state index in [1.165, 1.54) is 5.57 Å². The predicted octanol–water partition coefficient (Wildman–Crippen LogP) is 4.49. The summed E-state index contributed by atoms with van der Waals surface area (Å²) in [5, 5.41) is 6.86. The summed E-state index contributed by atoms with van der Waals surface area (Å²) in [6, 6.07) is 7.96. The van der Waals surface area contributed by atoms with Gasteiger partial charge in [0.2, 0.25) is 0 Å². The summed E-state index contributed by atoms with van der Waals surface area (Å²) in [5.74, 6) is 0. The van der Waals surface area contributed by atoms with Crippen LogP contribution in [0.2, 0.25) is 0 Å². The fourth-order valence-corrected chi connectivity index (χ4v) is 2.07. The number of aliphatic imine (C=N–C) groups is 1.